The number of aromatic nitrogens is 8. The third kappa shape index (κ3) is 7.76. The highest BCUT2D eigenvalue weighted by atomic mass is 32.2. The Hall–Kier alpha value is -4.12. The van der Waals surface area contributed by atoms with Crippen LogP contribution in [0.1, 0.15) is 45.7 Å². The fourth-order valence-electron chi connectivity index (χ4n) is 4.04. The van der Waals surface area contributed by atoms with Crippen molar-refractivity contribution in [3.63, 3.8) is 0 Å². The molecule has 0 fully saturated rings. The van der Waals surface area contributed by atoms with Gasteiger partial charge in [-0.05, 0) is 115 Å². The molecule has 15 rings (SSSR count). The van der Waals surface area contributed by atoms with E-state index in [4.69, 9.17) is 9.47 Å². The molecular formula is C29H22N8O4S4. The van der Waals surface area contributed by atoms with Crippen LogP contribution in [0.25, 0.3) is 0 Å². The second-order valence-electron chi connectivity index (χ2n) is 9.09. The summed E-state index contributed by atoms with van der Waals surface area (Å²) >= 11 is 4.72. The van der Waals surface area contributed by atoms with Crippen molar-refractivity contribution in [3.8, 4) is 0 Å². The molecule has 5 aromatic rings. The Labute approximate surface area is 274 Å². The number of rotatable bonds is 4. The first-order valence-electron chi connectivity index (χ1n) is 13.5. The Balaban J connectivity index is 1.43. The SMILES string of the molecule is CCOC(=O)c1cc2c(C(=O)OCC)cc1Sc1nnc(nn1)Sc1ccc(cc1)Cc1ccc(cc1)Sc1nnc(nn1)S2. The summed E-state index contributed by atoms with van der Waals surface area (Å²) in [6, 6.07) is 19.3. The molecule has 10 aliphatic heterocycles. The number of hydrogen-bond donors (Lipinski definition) is 0. The van der Waals surface area contributed by atoms with E-state index in [2.05, 4.69) is 65.1 Å². The number of ether oxygens (including phenoxy) is 2. The van der Waals surface area contributed by atoms with Gasteiger partial charge in [0.1, 0.15) is 0 Å². The minimum Gasteiger partial charge on any atom is -0.462 e. The molecule has 0 radical (unpaired) electrons. The average Bonchev–Trinajstić information content (AvgIpc) is 3.05. The first kappa shape index (κ1) is 30.9. The van der Waals surface area contributed by atoms with Gasteiger partial charge in [-0.3, -0.25) is 0 Å². The molecule has 0 aliphatic carbocycles. The van der Waals surface area contributed by atoms with Crippen molar-refractivity contribution in [1.82, 2.24) is 40.8 Å². The van der Waals surface area contributed by atoms with E-state index in [9.17, 15) is 9.59 Å². The summed E-state index contributed by atoms with van der Waals surface area (Å²) in [5.74, 6) is -1.19. The molecule has 0 N–H and O–H groups in total. The van der Waals surface area contributed by atoms with Crippen LogP contribution in [0.2, 0.25) is 0 Å². The van der Waals surface area contributed by atoms with Crippen LogP contribution in [0.3, 0.4) is 0 Å². The Morgan fingerprint density at radius 1 is 0.556 bits per heavy atom. The first-order valence-corrected chi connectivity index (χ1v) is 16.8. The smallest absolute Gasteiger partial charge is 0.339 e. The van der Waals surface area contributed by atoms with Gasteiger partial charge in [0, 0.05) is 19.6 Å². The summed E-state index contributed by atoms with van der Waals surface area (Å²) in [6.45, 7) is 3.71. The average molecular weight is 675 g/mol. The number of esters is 2. The molecule has 0 saturated carbocycles. The zero-order chi connectivity index (χ0) is 31.2. The normalized spacial score (nSPS) is 12.6. The van der Waals surface area contributed by atoms with Gasteiger partial charge < -0.3 is 9.47 Å². The minimum atomic E-state index is -0.596. The van der Waals surface area contributed by atoms with E-state index >= 15 is 0 Å². The molecule has 0 atom stereocenters. The molecule has 0 amide bonds. The maximum absolute atomic E-state index is 13.1. The molecule has 16 heteroatoms. The Kier molecular flexibility index (Phi) is 9.83. The van der Waals surface area contributed by atoms with Gasteiger partial charge in [0.2, 0.25) is 20.6 Å². The Morgan fingerprint density at radius 3 is 1.22 bits per heavy atom. The summed E-state index contributed by atoms with van der Waals surface area (Å²) in [5, 5.41) is 34.8. The minimum absolute atomic E-state index is 0.149. The van der Waals surface area contributed by atoms with Crippen LogP contribution in [-0.4, -0.2) is 65.9 Å². The van der Waals surface area contributed by atoms with E-state index in [0.717, 1.165) is 50.9 Å². The highest BCUT2D eigenvalue weighted by Crippen LogP contribution is 2.37. The van der Waals surface area contributed by atoms with Gasteiger partial charge in [-0.25, -0.2) is 9.59 Å². The first-order chi connectivity index (χ1) is 22.0. The molecule has 0 unspecified atom stereocenters. The highest BCUT2D eigenvalue weighted by molar-refractivity contribution is 8.00. The number of nitrogens with zero attached hydrogens (tertiary/aromatic N) is 8. The van der Waals surface area contributed by atoms with Crippen molar-refractivity contribution >= 4 is 59.0 Å². The molecule has 12 nitrogen and oxygen atoms in total. The van der Waals surface area contributed by atoms with Crippen LogP contribution in [0.15, 0.2) is 101 Å². The summed E-state index contributed by atoms with van der Waals surface area (Å²) in [6.07, 6.45) is 0.772. The van der Waals surface area contributed by atoms with Crippen molar-refractivity contribution in [3.05, 3.63) is 82.9 Å². The lowest BCUT2D eigenvalue weighted by atomic mass is 10.1. The van der Waals surface area contributed by atoms with Gasteiger partial charge >= 0.3 is 11.9 Å². The van der Waals surface area contributed by atoms with E-state index in [1.165, 1.54) is 35.7 Å². The van der Waals surface area contributed by atoms with E-state index in [1.54, 1.807) is 13.8 Å². The van der Waals surface area contributed by atoms with Crippen LogP contribution in [0, 0.1) is 0 Å². The molecule has 226 valence electrons. The zero-order valence-corrected chi connectivity index (χ0v) is 27.0. The highest BCUT2D eigenvalue weighted by Gasteiger charge is 2.24. The number of carbonyl (C=O) groups is 2. The van der Waals surface area contributed by atoms with Crippen molar-refractivity contribution in [1.29, 1.82) is 0 Å². The second kappa shape index (κ2) is 14.3. The third-order valence-corrected chi connectivity index (χ3v) is 9.55. The van der Waals surface area contributed by atoms with Crippen molar-refractivity contribution in [2.75, 3.05) is 13.2 Å². The van der Waals surface area contributed by atoms with E-state index in [1.807, 2.05) is 24.3 Å². The van der Waals surface area contributed by atoms with Crippen molar-refractivity contribution < 1.29 is 19.1 Å². The lowest BCUT2D eigenvalue weighted by Crippen LogP contribution is -2.12. The number of hydrogen-bond acceptors (Lipinski definition) is 16. The largest absolute Gasteiger partial charge is 0.462 e. The van der Waals surface area contributed by atoms with E-state index < -0.39 is 11.9 Å². The number of benzene rings is 3. The predicted molar refractivity (Wildman–Crippen MR) is 166 cm³/mol. The molecule has 45 heavy (non-hydrogen) atoms. The second-order valence-corrected chi connectivity index (χ2v) is 13.2. The van der Waals surface area contributed by atoms with Crippen LogP contribution >= 0.6 is 47.0 Å². The van der Waals surface area contributed by atoms with Crippen LogP contribution in [0.4, 0.5) is 0 Å². The topological polar surface area (TPSA) is 156 Å². The van der Waals surface area contributed by atoms with Gasteiger partial charge in [-0.15, -0.1) is 40.8 Å². The molecule has 10 aliphatic rings. The lowest BCUT2D eigenvalue weighted by molar-refractivity contribution is 0.0505. The summed E-state index contributed by atoms with van der Waals surface area (Å²) in [5.41, 5.74) is 2.68. The van der Waals surface area contributed by atoms with Crippen LogP contribution in [-0.2, 0) is 15.9 Å². The fraction of sp³-hybridized carbons (Fsp3) is 0.172. The number of carbonyl (C=O) groups excluding carboxylic acids is 2. The molecule has 0 spiro atoms. The van der Waals surface area contributed by atoms with Crippen molar-refractivity contribution in [2.24, 2.45) is 0 Å². The van der Waals surface area contributed by atoms with Gasteiger partial charge in [-0.1, -0.05) is 24.3 Å². The zero-order valence-electron chi connectivity index (χ0n) is 23.7. The lowest BCUT2D eigenvalue weighted by Gasteiger charge is -2.13. The van der Waals surface area contributed by atoms with E-state index in [-0.39, 0.29) is 34.7 Å². The van der Waals surface area contributed by atoms with Gasteiger partial charge in [-0.2, -0.15) is 0 Å². The molecule has 2 aromatic heterocycles. The fourth-order valence-corrected chi connectivity index (χ4v) is 6.92. The van der Waals surface area contributed by atoms with Gasteiger partial charge in [0.15, 0.2) is 0 Å². The molecular weight excluding hydrogens is 653 g/mol. The molecule has 10 bridgehead atoms. The Bertz CT molecular complexity index is 1690. The molecule has 3 aromatic carbocycles. The maximum Gasteiger partial charge on any atom is 0.339 e. The quantitative estimate of drug-likeness (QED) is 0.209. The third-order valence-electron chi connectivity index (χ3n) is 6.03. The van der Waals surface area contributed by atoms with Gasteiger partial charge in [0.05, 0.1) is 24.3 Å². The summed E-state index contributed by atoms with van der Waals surface area (Å²) < 4.78 is 10.6. The standard InChI is InChI=1S/C29H22N8O4S4/c1-3-40-24(38)20-14-23-21(25(39)41-4-2)15-22(20)44-28-34-30-26(31-35-28)42-18-9-5-16(6-10-18)13-17-7-11-19(12-8-17)43-27-32-36-29(45-23)37-33-27/h5-12,14-15H,3-4,13H2,1-2H3. The summed E-state index contributed by atoms with van der Waals surface area (Å²) in [4.78, 5) is 28.7. The van der Waals surface area contributed by atoms with Crippen LogP contribution in [0.5, 0.6) is 0 Å². The molecule has 12 heterocycles. The van der Waals surface area contributed by atoms with Crippen molar-refractivity contribution in [2.45, 2.75) is 60.5 Å². The predicted octanol–water partition coefficient (Wildman–Crippen LogP) is 5.71. The van der Waals surface area contributed by atoms with E-state index in [0.29, 0.717) is 20.1 Å². The Morgan fingerprint density at radius 2 is 0.889 bits per heavy atom. The molecule has 0 saturated heterocycles. The van der Waals surface area contributed by atoms with Gasteiger partial charge in [0.25, 0.3) is 0 Å². The summed E-state index contributed by atoms with van der Waals surface area (Å²) in [7, 11) is 0. The monoisotopic (exact) mass is 674 g/mol. The maximum atomic E-state index is 13.1. The van der Waals surface area contributed by atoms with Crippen LogP contribution < -0.4 is 0 Å².